The maximum Gasteiger partial charge on any atom is 0.226 e. The molecule has 0 spiro atoms. The summed E-state index contributed by atoms with van der Waals surface area (Å²) in [7, 11) is 0. The molecule has 120 valence electrons. The molecule has 0 atom stereocenters. The zero-order chi connectivity index (χ0) is 16.7. The summed E-state index contributed by atoms with van der Waals surface area (Å²) in [6, 6.07) is 14.8. The zero-order valence-electron chi connectivity index (χ0n) is 12.7. The molecule has 0 heterocycles. The van der Waals surface area contributed by atoms with Crippen LogP contribution in [0.25, 0.3) is 0 Å². The Labute approximate surface area is 143 Å². The van der Waals surface area contributed by atoms with Crippen LogP contribution in [0.2, 0.25) is 0 Å². The van der Waals surface area contributed by atoms with Gasteiger partial charge in [-0.2, -0.15) is 0 Å². The van der Waals surface area contributed by atoms with Gasteiger partial charge in [-0.1, -0.05) is 22.0 Å². The molecule has 23 heavy (non-hydrogen) atoms. The molecule has 5 nitrogen and oxygen atoms in total. The van der Waals surface area contributed by atoms with E-state index in [1.165, 1.54) is 6.92 Å². The van der Waals surface area contributed by atoms with Gasteiger partial charge in [0.2, 0.25) is 11.8 Å². The second kappa shape index (κ2) is 8.33. The Morgan fingerprint density at radius 3 is 2.35 bits per heavy atom. The summed E-state index contributed by atoms with van der Waals surface area (Å²) in [4.78, 5) is 22.9. The summed E-state index contributed by atoms with van der Waals surface area (Å²) in [5, 5.41) is 8.72. The minimum absolute atomic E-state index is 0.0576. The number of hydrogen-bond donors (Lipinski definition) is 3. The Kier molecular flexibility index (Phi) is 6.17. The van der Waals surface area contributed by atoms with Crippen LogP contribution >= 0.6 is 15.9 Å². The third kappa shape index (κ3) is 6.12. The first-order valence-electron chi connectivity index (χ1n) is 7.20. The molecule has 0 aromatic heterocycles. The quantitative estimate of drug-likeness (QED) is 0.717. The molecule has 6 heteroatoms. The van der Waals surface area contributed by atoms with Crippen LogP contribution in [0, 0.1) is 0 Å². The molecule has 2 aromatic rings. The minimum Gasteiger partial charge on any atom is -0.384 e. The molecule has 0 fully saturated rings. The Balaban J connectivity index is 1.79. The number of carbonyl (C=O) groups is 2. The van der Waals surface area contributed by atoms with Crippen LogP contribution in [0.15, 0.2) is 53.0 Å². The summed E-state index contributed by atoms with van der Waals surface area (Å²) in [6.07, 6.45) is 0.348. The average Bonchev–Trinajstić information content (AvgIpc) is 2.49. The number of benzene rings is 2. The Bertz CT molecular complexity index is 686. The Hall–Kier alpha value is -2.34. The van der Waals surface area contributed by atoms with Crippen LogP contribution in [-0.4, -0.2) is 18.4 Å². The number of nitrogens with one attached hydrogen (secondary N) is 3. The molecule has 0 radical (unpaired) electrons. The first-order valence-corrected chi connectivity index (χ1v) is 7.99. The van der Waals surface area contributed by atoms with E-state index in [1.54, 1.807) is 0 Å². The van der Waals surface area contributed by atoms with Gasteiger partial charge in [0.1, 0.15) is 0 Å². The first kappa shape index (κ1) is 17.0. The van der Waals surface area contributed by atoms with Crippen molar-refractivity contribution >= 4 is 44.8 Å². The lowest BCUT2D eigenvalue weighted by Crippen LogP contribution is -2.16. The monoisotopic (exact) mass is 375 g/mol. The van der Waals surface area contributed by atoms with Gasteiger partial charge in [-0.15, -0.1) is 0 Å². The van der Waals surface area contributed by atoms with Gasteiger partial charge in [-0.3, -0.25) is 9.59 Å². The normalized spacial score (nSPS) is 10.0. The highest BCUT2D eigenvalue weighted by Gasteiger charge is 2.03. The molecule has 0 unspecified atom stereocenters. The average molecular weight is 376 g/mol. The standard InChI is InChI=1S/C17H18BrN3O2/c1-12(22)20-16-4-2-3-15(11-16)19-10-9-17(23)21-14-7-5-13(18)6-8-14/h2-8,11,19H,9-10H2,1H3,(H,20,22)(H,21,23). The van der Waals surface area contributed by atoms with E-state index in [4.69, 9.17) is 0 Å². The van der Waals surface area contributed by atoms with Crippen molar-refractivity contribution in [1.82, 2.24) is 0 Å². The van der Waals surface area contributed by atoms with Crippen molar-refractivity contribution in [2.45, 2.75) is 13.3 Å². The number of amides is 2. The van der Waals surface area contributed by atoms with Crippen molar-refractivity contribution in [3.63, 3.8) is 0 Å². The third-order valence-corrected chi connectivity index (χ3v) is 3.52. The smallest absolute Gasteiger partial charge is 0.226 e. The van der Waals surface area contributed by atoms with Crippen LogP contribution in [0.3, 0.4) is 0 Å². The predicted molar refractivity (Wildman–Crippen MR) is 96.6 cm³/mol. The number of halogens is 1. The number of anilines is 3. The molecule has 0 aliphatic rings. The van der Waals surface area contributed by atoms with E-state index in [-0.39, 0.29) is 11.8 Å². The fourth-order valence-electron chi connectivity index (χ4n) is 1.99. The fourth-order valence-corrected chi connectivity index (χ4v) is 2.25. The van der Waals surface area contributed by atoms with E-state index in [9.17, 15) is 9.59 Å². The Morgan fingerprint density at radius 2 is 1.65 bits per heavy atom. The van der Waals surface area contributed by atoms with E-state index in [0.29, 0.717) is 13.0 Å². The van der Waals surface area contributed by atoms with Crippen molar-refractivity contribution in [2.75, 3.05) is 22.5 Å². The molecule has 2 rings (SSSR count). The fraction of sp³-hybridized carbons (Fsp3) is 0.176. The largest absolute Gasteiger partial charge is 0.384 e. The van der Waals surface area contributed by atoms with E-state index in [1.807, 2.05) is 48.5 Å². The lowest BCUT2D eigenvalue weighted by atomic mass is 10.2. The number of rotatable bonds is 6. The van der Waals surface area contributed by atoms with Gasteiger partial charge in [0.25, 0.3) is 0 Å². The van der Waals surface area contributed by atoms with Crippen LogP contribution in [0.4, 0.5) is 17.1 Å². The van der Waals surface area contributed by atoms with Crippen molar-refractivity contribution in [2.24, 2.45) is 0 Å². The van der Waals surface area contributed by atoms with E-state index >= 15 is 0 Å². The summed E-state index contributed by atoms with van der Waals surface area (Å²) in [5.74, 6) is -0.172. The van der Waals surface area contributed by atoms with Crippen LogP contribution in [-0.2, 0) is 9.59 Å². The molecule has 0 saturated heterocycles. The summed E-state index contributed by atoms with van der Waals surface area (Å²) < 4.78 is 0.969. The summed E-state index contributed by atoms with van der Waals surface area (Å²) in [5.41, 5.74) is 2.35. The molecular weight excluding hydrogens is 358 g/mol. The molecule has 0 bridgehead atoms. The highest BCUT2D eigenvalue weighted by Crippen LogP contribution is 2.16. The number of hydrogen-bond acceptors (Lipinski definition) is 3. The number of carbonyl (C=O) groups excluding carboxylic acids is 2. The van der Waals surface area contributed by atoms with Crippen molar-refractivity contribution in [3.05, 3.63) is 53.0 Å². The molecular formula is C17H18BrN3O2. The van der Waals surface area contributed by atoms with Gasteiger partial charge in [0, 0.05) is 41.4 Å². The van der Waals surface area contributed by atoms with E-state index in [2.05, 4.69) is 31.9 Å². The Morgan fingerprint density at radius 1 is 0.957 bits per heavy atom. The van der Waals surface area contributed by atoms with Gasteiger partial charge < -0.3 is 16.0 Å². The van der Waals surface area contributed by atoms with Crippen molar-refractivity contribution in [1.29, 1.82) is 0 Å². The maximum atomic E-state index is 11.9. The molecule has 0 saturated carbocycles. The lowest BCUT2D eigenvalue weighted by Gasteiger charge is -2.09. The minimum atomic E-state index is -0.115. The molecule has 2 amide bonds. The maximum absolute atomic E-state index is 11.9. The molecule has 0 aliphatic heterocycles. The van der Waals surface area contributed by atoms with E-state index < -0.39 is 0 Å². The highest BCUT2D eigenvalue weighted by atomic mass is 79.9. The highest BCUT2D eigenvalue weighted by molar-refractivity contribution is 9.10. The van der Waals surface area contributed by atoms with Crippen LogP contribution < -0.4 is 16.0 Å². The molecule has 3 N–H and O–H groups in total. The van der Waals surface area contributed by atoms with E-state index in [0.717, 1.165) is 21.5 Å². The predicted octanol–water partition coefficient (Wildman–Crippen LogP) is 3.85. The van der Waals surface area contributed by atoms with Gasteiger partial charge >= 0.3 is 0 Å². The summed E-state index contributed by atoms with van der Waals surface area (Å²) in [6.45, 7) is 1.97. The van der Waals surface area contributed by atoms with Crippen molar-refractivity contribution in [3.8, 4) is 0 Å². The van der Waals surface area contributed by atoms with Gasteiger partial charge in [0.05, 0.1) is 0 Å². The topological polar surface area (TPSA) is 70.2 Å². The lowest BCUT2D eigenvalue weighted by molar-refractivity contribution is -0.116. The van der Waals surface area contributed by atoms with Gasteiger partial charge in [-0.25, -0.2) is 0 Å². The summed E-state index contributed by atoms with van der Waals surface area (Å²) >= 11 is 3.35. The SMILES string of the molecule is CC(=O)Nc1cccc(NCCC(=O)Nc2ccc(Br)cc2)c1. The second-order valence-corrected chi connectivity index (χ2v) is 5.91. The van der Waals surface area contributed by atoms with Crippen molar-refractivity contribution < 1.29 is 9.59 Å². The first-order chi connectivity index (χ1) is 11.0. The van der Waals surface area contributed by atoms with Crippen LogP contribution in [0.1, 0.15) is 13.3 Å². The van der Waals surface area contributed by atoms with Gasteiger partial charge in [0.15, 0.2) is 0 Å². The van der Waals surface area contributed by atoms with Gasteiger partial charge in [-0.05, 0) is 42.5 Å². The second-order valence-electron chi connectivity index (χ2n) is 4.99. The third-order valence-electron chi connectivity index (χ3n) is 2.99. The molecule has 0 aliphatic carbocycles. The van der Waals surface area contributed by atoms with Crippen LogP contribution in [0.5, 0.6) is 0 Å². The zero-order valence-corrected chi connectivity index (χ0v) is 14.3. The molecule has 2 aromatic carbocycles.